The number of aromatic nitrogens is 1. The van der Waals surface area contributed by atoms with Crippen LogP contribution >= 0.6 is 0 Å². The average molecular weight is 295 g/mol. The lowest BCUT2D eigenvalue weighted by atomic mass is 10.1. The van der Waals surface area contributed by atoms with Crippen molar-refractivity contribution in [1.29, 1.82) is 0 Å². The van der Waals surface area contributed by atoms with Gasteiger partial charge in [0.15, 0.2) is 34.5 Å². The lowest BCUT2D eigenvalue weighted by Gasteiger charge is -2.12. The summed E-state index contributed by atoms with van der Waals surface area (Å²) in [6, 6.07) is 2.08. The van der Waals surface area contributed by atoms with Gasteiger partial charge in [-0.15, -0.1) is 0 Å². The van der Waals surface area contributed by atoms with Crippen molar-refractivity contribution in [2.75, 3.05) is 13.2 Å². The zero-order valence-corrected chi connectivity index (χ0v) is 10.6. The predicted octanol–water partition coefficient (Wildman–Crippen LogP) is 2.05. The fraction of sp³-hybridized carbons (Fsp3) is 0.231. The molecule has 3 rings (SSSR count). The van der Waals surface area contributed by atoms with Crippen LogP contribution in [0.1, 0.15) is 16.9 Å². The van der Waals surface area contributed by atoms with Gasteiger partial charge in [0.25, 0.3) is 0 Å². The Morgan fingerprint density at radius 3 is 2.76 bits per heavy atom. The van der Waals surface area contributed by atoms with Gasteiger partial charge in [0, 0.05) is 18.6 Å². The first-order valence-corrected chi connectivity index (χ1v) is 6.09. The summed E-state index contributed by atoms with van der Waals surface area (Å²) in [6.45, 7) is 0.651. The predicted molar refractivity (Wildman–Crippen MR) is 66.1 cm³/mol. The first-order valence-electron chi connectivity index (χ1n) is 6.09. The quantitative estimate of drug-likeness (QED) is 0.874. The number of carboxylic acids is 1. The molecule has 1 aliphatic rings. The van der Waals surface area contributed by atoms with Crippen molar-refractivity contribution in [1.82, 2.24) is 5.16 Å². The molecule has 110 valence electrons. The smallest absolute Gasteiger partial charge is 0.358 e. The fourth-order valence-corrected chi connectivity index (χ4v) is 1.99. The van der Waals surface area contributed by atoms with Crippen molar-refractivity contribution in [2.45, 2.75) is 6.42 Å². The minimum absolute atomic E-state index is 0.0967. The van der Waals surface area contributed by atoms with Crippen LogP contribution in [0.5, 0.6) is 17.2 Å². The minimum atomic E-state index is -1.30. The molecular formula is C13H10FNO6. The highest BCUT2D eigenvalue weighted by Crippen LogP contribution is 2.46. The van der Waals surface area contributed by atoms with Crippen LogP contribution in [0, 0.1) is 5.82 Å². The Bertz CT molecular complexity index is 711. The third kappa shape index (κ3) is 2.24. The molecule has 21 heavy (non-hydrogen) atoms. The third-order valence-electron chi connectivity index (χ3n) is 2.94. The second-order valence-electron chi connectivity index (χ2n) is 4.34. The number of aromatic carboxylic acids is 1. The van der Waals surface area contributed by atoms with E-state index in [1.54, 1.807) is 0 Å². The van der Waals surface area contributed by atoms with Crippen molar-refractivity contribution in [3.8, 4) is 28.6 Å². The number of aromatic hydroxyl groups is 1. The second kappa shape index (κ2) is 4.97. The number of halogens is 1. The molecule has 8 heteroatoms. The zero-order chi connectivity index (χ0) is 15.0. The highest BCUT2D eigenvalue weighted by molar-refractivity contribution is 5.87. The molecule has 0 spiro atoms. The number of phenols is 1. The summed E-state index contributed by atoms with van der Waals surface area (Å²) < 4.78 is 29.4. The summed E-state index contributed by atoms with van der Waals surface area (Å²) in [5, 5.41) is 22.1. The zero-order valence-electron chi connectivity index (χ0n) is 10.6. The SMILES string of the molecule is O=C(O)c1cc(-c2c(O)c(F)cc3c2OCCCO3)on1. The topological polar surface area (TPSA) is 102 Å². The summed E-state index contributed by atoms with van der Waals surface area (Å²) in [5.41, 5.74) is -0.483. The summed E-state index contributed by atoms with van der Waals surface area (Å²) in [7, 11) is 0. The van der Waals surface area contributed by atoms with Crippen LogP contribution in [-0.2, 0) is 0 Å². The van der Waals surface area contributed by atoms with Crippen molar-refractivity contribution in [3.05, 3.63) is 23.6 Å². The third-order valence-corrected chi connectivity index (χ3v) is 2.94. The van der Waals surface area contributed by atoms with Crippen molar-refractivity contribution >= 4 is 5.97 Å². The van der Waals surface area contributed by atoms with Crippen LogP contribution < -0.4 is 9.47 Å². The van der Waals surface area contributed by atoms with Gasteiger partial charge < -0.3 is 24.2 Å². The number of phenolic OH excluding ortho intramolecular Hbond substituents is 1. The number of carboxylic acid groups (broad SMARTS) is 1. The van der Waals surface area contributed by atoms with Gasteiger partial charge >= 0.3 is 5.97 Å². The molecule has 7 nitrogen and oxygen atoms in total. The van der Waals surface area contributed by atoms with Crippen LogP contribution in [-0.4, -0.2) is 34.6 Å². The molecule has 0 saturated carbocycles. The molecule has 0 aliphatic carbocycles. The summed E-state index contributed by atoms with van der Waals surface area (Å²) in [4.78, 5) is 10.8. The normalized spacial score (nSPS) is 13.8. The van der Waals surface area contributed by atoms with E-state index in [4.69, 9.17) is 19.1 Å². The van der Waals surface area contributed by atoms with E-state index >= 15 is 0 Å². The van der Waals surface area contributed by atoms with Crippen LogP contribution in [0.15, 0.2) is 16.7 Å². The van der Waals surface area contributed by atoms with E-state index < -0.39 is 17.5 Å². The van der Waals surface area contributed by atoms with Gasteiger partial charge in [-0.3, -0.25) is 0 Å². The maximum absolute atomic E-state index is 13.8. The Morgan fingerprint density at radius 2 is 2.05 bits per heavy atom. The first kappa shape index (κ1) is 13.2. The Morgan fingerprint density at radius 1 is 1.29 bits per heavy atom. The molecule has 0 amide bonds. The number of fused-ring (bicyclic) bond motifs is 1. The van der Waals surface area contributed by atoms with Gasteiger partial charge in [0.05, 0.1) is 13.2 Å². The minimum Gasteiger partial charge on any atom is -0.504 e. The maximum Gasteiger partial charge on any atom is 0.358 e. The molecular weight excluding hydrogens is 285 g/mol. The van der Waals surface area contributed by atoms with E-state index in [-0.39, 0.29) is 28.5 Å². The van der Waals surface area contributed by atoms with Gasteiger partial charge in [-0.25, -0.2) is 9.18 Å². The van der Waals surface area contributed by atoms with Gasteiger partial charge in [0.2, 0.25) is 0 Å². The number of rotatable bonds is 2. The summed E-state index contributed by atoms with van der Waals surface area (Å²) in [5.74, 6) is -2.85. The van der Waals surface area contributed by atoms with Crippen molar-refractivity contribution < 1.29 is 33.4 Å². The van der Waals surface area contributed by atoms with E-state index in [9.17, 15) is 14.3 Å². The summed E-state index contributed by atoms with van der Waals surface area (Å²) in [6.07, 6.45) is 0.591. The monoisotopic (exact) mass is 295 g/mol. The molecule has 2 heterocycles. The van der Waals surface area contributed by atoms with Crippen LogP contribution in [0.2, 0.25) is 0 Å². The Labute approximate surface area is 117 Å². The molecule has 2 aromatic rings. The Balaban J connectivity index is 2.19. The van der Waals surface area contributed by atoms with E-state index in [0.29, 0.717) is 19.6 Å². The molecule has 1 aromatic heterocycles. The molecule has 1 aromatic carbocycles. The van der Waals surface area contributed by atoms with Gasteiger partial charge in [-0.2, -0.15) is 0 Å². The molecule has 2 N–H and O–H groups in total. The molecule has 0 atom stereocenters. The van der Waals surface area contributed by atoms with E-state index in [1.165, 1.54) is 0 Å². The van der Waals surface area contributed by atoms with E-state index in [2.05, 4.69) is 5.16 Å². The number of nitrogens with zero attached hydrogens (tertiary/aromatic N) is 1. The van der Waals surface area contributed by atoms with Gasteiger partial charge in [0.1, 0.15) is 5.56 Å². The number of hydrogen-bond donors (Lipinski definition) is 2. The fourth-order valence-electron chi connectivity index (χ4n) is 1.99. The van der Waals surface area contributed by atoms with E-state index in [0.717, 1.165) is 12.1 Å². The van der Waals surface area contributed by atoms with Gasteiger partial charge in [-0.1, -0.05) is 5.16 Å². The Hall–Kier alpha value is -2.77. The second-order valence-corrected chi connectivity index (χ2v) is 4.34. The Kier molecular flexibility index (Phi) is 3.13. The lowest BCUT2D eigenvalue weighted by molar-refractivity contribution is 0.0686. The van der Waals surface area contributed by atoms with Crippen LogP contribution in [0.25, 0.3) is 11.3 Å². The number of carbonyl (C=O) groups is 1. The van der Waals surface area contributed by atoms with Crippen molar-refractivity contribution in [3.63, 3.8) is 0 Å². The lowest BCUT2D eigenvalue weighted by Crippen LogP contribution is -1.98. The number of benzene rings is 1. The number of ether oxygens (including phenoxy) is 2. The first-order chi connectivity index (χ1) is 10.1. The largest absolute Gasteiger partial charge is 0.504 e. The highest BCUT2D eigenvalue weighted by atomic mass is 19.1. The molecule has 0 fully saturated rings. The standard InChI is InChI=1S/C13H10FNO6/c14-6-4-9-12(20-3-1-2-19-9)10(11(6)16)8-5-7(13(17)18)15-21-8/h4-5,16H,1-3H2,(H,17,18). The number of hydrogen-bond acceptors (Lipinski definition) is 6. The van der Waals surface area contributed by atoms with Gasteiger partial charge in [-0.05, 0) is 0 Å². The molecule has 0 radical (unpaired) electrons. The van der Waals surface area contributed by atoms with E-state index in [1.807, 2.05) is 0 Å². The molecule has 0 unspecified atom stereocenters. The average Bonchev–Trinajstić information content (AvgIpc) is 2.82. The summed E-state index contributed by atoms with van der Waals surface area (Å²) >= 11 is 0. The molecule has 1 aliphatic heterocycles. The maximum atomic E-state index is 13.8. The highest BCUT2D eigenvalue weighted by Gasteiger charge is 2.27. The molecule has 0 saturated heterocycles. The van der Waals surface area contributed by atoms with Crippen LogP contribution in [0.4, 0.5) is 4.39 Å². The van der Waals surface area contributed by atoms with Crippen molar-refractivity contribution in [2.24, 2.45) is 0 Å². The van der Waals surface area contributed by atoms with Crippen LogP contribution in [0.3, 0.4) is 0 Å². The molecule has 0 bridgehead atoms.